The molecule has 2 rings (SSSR count). The molecule has 2 atom stereocenters. The predicted molar refractivity (Wildman–Crippen MR) is 69.6 cm³/mol. The molecule has 0 radical (unpaired) electrons. The lowest BCUT2D eigenvalue weighted by Gasteiger charge is -2.15. The summed E-state index contributed by atoms with van der Waals surface area (Å²) in [4.78, 5) is 0. The molecule has 0 aromatic heterocycles. The molecule has 0 bridgehead atoms. The standard InChI is InChI=1S/C15H20N2/c1-12-4-2-5-13(10-12)8-9-17-15-7-3-6-14(15)11-16/h2,4-5,10,14-15,17H,3,6-9H2,1H3. The summed E-state index contributed by atoms with van der Waals surface area (Å²) >= 11 is 0. The van der Waals surface area contributed by atoms with E-state index in [2.05, 4.69) is 42.6 Å². The summed E-state index contributed by atoms with van der Waals surface area (Å²) in [7, 11) is 0. The van der Waals surface area contributed by atoms with Gasteiger partial charge >= 0.3 is 0 Å². The summed E-state index contributed by atoms with van der Waals surface area (Å²) in [5.41, 5.74) is 2.70. The van der Waals surface area contributed by atoms with Gasteiger partial charge in [0.1, 0.15) is 0 Å². The van der Waals surface area contributed by atoms with E-state index in [4.69, 9.17) is 5.26 Å². The van der Waals surface area contributed by atoms with Crippen LogP contribution in [0.3, 0.4) is 0 Å². The van der Waals surface area contributed by atoms with Crippen molar-refractivity contribution in [2.24, 2.45) is 5.92 Å². The van der Waals surface area contributed by atoms with Crippen LogP contribution in [0.5, 0.6) is 0 Å². The summed E-state index contributed by atoms with van der Waals surface area (Å²) in [6.07, 6.45) is 4.47. The van der Waals surface area contributed by atoms with E-state index in [1.54, 1.807) is 0 Å². The smallest absolute Gasteiger partial charge is 0.0672 e. The van der Waals surface area contributed by atoms with Crippen molar-refractivity contribution in [3.8, 4) is 6.07 Å². The van der Waals surface area contributed by atoms with Crippen molar-refractivity contribution in [3.05, 3.63) is 35.4 Å². The Bertz CT molecular complexity index is 406. The fourth-order valence-electron chi connectivity index (χ4n) is 2.63. The molecule has 2 nitrogen and oxygen atoms in total. The van der Waals surface area contributed by atoms with Crippen LogP contribution in [0, 0.1) is 24.2 Å². The first-order valence-electron chi connectivity index (χ1n) is 6.48. The first kappa shape index (κ1) is 12.1. The summed E-state index contributed by atoms with van der Waals surface area (Å²) in [5.74, 6) is 0.229. The monoisotopic (exact) mass is 228 g/mol. The zero-order chi connectivity index (χ0) is 12.1. The third-order valence-corrected chi connectivity index (χ3v) is 3.58. The number of benzene rings is 1. The van der Waals surface area contributed by atoms with Crippen LogP contribution in [0.15, 0.2) is 24.3 Å². The Morgan fingerprint density at radius 3 is 3.06 bits per heavy atom. The molecule has 1 aromatic carbocycles. The molecule has 1 N–H and O–H groups in total. The lowest BCUT2D eigenvalue weighted by molar-refractivity contribution is 0.468. The number of hydrogen-bond acceptors (Lipinski definition) is 2. The van der Waals surface area contributed by atoms with Gasteiger partial charge in [-0.05, 0) is 38.3 Å². The SMILES string of the molecule is Cc1cccc(CCNC2CCCC2C#N)c1. The van der Waals surface area contributed by atoms with Crippen LogP contribution in [0.2, 0.25) is 0 Å². The van der Waals surface area contributed by atoms with Crippen LogP contribution in [0.25, 0.3) is 0 Å². The van der Waals surface area contributed by atoms with Crippen molar-refractivity contribution in [1.82, 2.24) is 5.32 Å². The molecule has 1 fully saturated rings. The lowest BCUT2D eigenvalue weighted by Crippen LogP contribution is -2.33. The van der Waals surface area contributed by atoms with E-state index in [0.29, 0.717) is 6.04 Å². The second-order valence-electron chi connectivity index (χ2n) is 4.97. The zero-order valence-corrected chi connectivity index (χ0v) is 10.4. The van der Waals surface area contributed by atoms with Crippen LogP contribution < -0.4 is 5.32 Å². The first-order valence-corrected chi connectivity index (χ1v) is 6.48. The number of rotatable bonds is 4. The van der Waals surface area contributed by atoms with Crippen molar-refractivity contribution in [2.75, 3.05) is 6.54 Å². The van der Waals surface area contributed by atoms with Crippen LogP contribution >= 0.6 is 0 Å². The predicted octanol–water partition coefficient (Wildman–Crippen LogP) is 2.82. The average Bonchev–Trinajstić information content (AvgIpc) is 2.77. The number of nitriles is 1. The minimum atomic E-state index is 0.229. The molecular weight excluding hydrogens is 208 g/mol. The quantitative estimate of drug-likeness (QED) is 0.860. The molecule has 1 saturated carbocycles. The van der Waals surface area contributed by atoms with Crippen molar-refractivity contribution < 1.29 is 0 Å². The first-order chi connectivity index (χ1) is 8.29. The molecule has 0 aliphatic heterocycles. The third kappa shape index (κ3) is 3.31. The lowest BCUT2D eigenvalue weighted by atomic mass is 10.0. The maximum atomic E-state index is 9.00. The maximum absolute atomic E-state index is 9.00. The highest BCUT2D eigenvalue weighted by Crippen LogP contribution is 2.24. The summed E-state index contributed by atoms with van der Waals surface area (Å²) in [5, 5.41) is 12.5. The normalized spacial score (nSPS) is 23.5. The Hall–Kier alpha value is -1.33. The topological polar surface area (TPSA) is 35.8 Å². The number of nitrogens with one attached hydrogen (secondary N) is 1. The van der Waals surface area contributed by atoms with Gasteiger partial charge in [-0.2, -0.15) is 5.26 Å². The van der Waals surface area contributed by atoms with Gasteiger partial charge in [0.2, 0.25) is 0 Å². The second kappa shape index (κ2) is 5.84. The highest BCUT2D eigenvalue weighted by Gasteiger charge is 2.25. The van der Waals surface area contributed by atoms with Crippen LogP contribution in [0.4, 0.5) is 0 Å². The molecular formula is C15H20N2. The Kier molecular flexibility index (Phi) is 4.17. The molecule has 1 aromatic rings. The molecule has 0 spiro atoms. The van der Waals surface area contributed by atoms with Crippen LogP contribution in [-0.4, -0.2) is 12.6 Å². The molecule has 2 unspecified atom stereocenters. The van der Waals surface area contributed by atoms with Crippen molar-refractivity contribution in [1.29, 1.82) is 5.26 Å². The Balaban J connectivity index is 1.78. The summed E-state index contributed by atoms with van der Waals surface area (Å²) in [6.45, 7) is 3.10. The van der Waals surface area contributed by atoms with Crippen LogP contribution in [-0.2, 0) is 6.42 Å². The molecule has 90 valence electrons. The maximum Gasteiger partial charge on any atom is 0.0672 e. The minimum Gasteiger partial charge on any atom is -0.312 e. The van der Waals surface area contributed by atoms with E-state index < -0.39 is 0 Å². The van der Waals surface area contributed by atoms with E-state index in [9.17, 15) is 0 Å². The van der Waals surface area contributed by atoms with Crippen molar-refractivity contribution in [3.63, 3.8) is 0 Å². The van der Waals surface area contributed by atoms with E-state index in [1.807, 2.05) is 0 Å². The van der Waals surface area contributed by atoms with Gasteiger partial charge in [-0.25, -0.2) is 0 Å². The van der Waals surface area contributed by atoms with Gasteiger partial charge in [0.05, 0.1) is 12.0 Å². The van der Waals surface area contributed by atoms with Crippen molar-refractivity contribution in [2.45, 2.75) is 38.6 Å². The molecule has 17 heavy (non-hydrogen) atoms. The largest absolute Gasteiger partial charge is 0.312 e. The van der Waals surface area contributed by atoms with Gasteiger partial charge in [0.25, 0.3) is 0 Å². The number of nitrogens with zero attached hydrogens (tertiary/aromatic N) is 1. The van der Waals surface area contributed by atoms with Gasteiger partial charge in [-0.15, -0.1) is 0 Å². The number of aryl methyl sites for hydroxylation is 1. The van der Waals surface area contributed by atoms with Crippen LogP contribution in [0.1, 0.15) is 30.4 Å². The summed E-state index contributed by atoms with van der Waals surface area (Å²) < 4.78 is 0. The highest BCUT2D eigenvalue weighted by atomic mass is 14.9. The van der Waals surface area contributed by atoms with E-state index in [1.165, 1.54) is 17.5 Å². The van der Waals surface area contributed by atoms with Crippen molar-refractivity contribution >= 4 is 0 Å². The number of hydrogen-bond donors (Lipinski definition) is 1. The van der Waals surface area contributed by atoms with E-state index in [-0.39, 0.29) is 5.92 Å². The summed E-state index contributed by atoms with van der Waals surface area (Å²) in [6, 6.07) is 11.5. The third-order valence-electron chi connectivity index (χ3n) is 3.58. The Morgan fingerprint density at radius 1 is 1.41 bits per heavy atom. The molecule has 1 aliphatic rings. The molecule has 0 saturated heterocycles. The molecule has 0 amide bonds. The van der Waals surface area contributed by atoms with Gasteiger partial charge in [0, 0.05) is 6.04 Å². The second-order valence-corrected chi connectivity index (χ2v) is 4.97. The molecule has 2 heteroatoms. The Morgan fingerprint density at radius 2 is 2.29 bits per heavy atom. The van der Waals surface area contributed by atoms with E-state index >= 15 is 0 Å². The average molecular weight is 228 g/mol. The molecule has 0 heterocycles. The van der Waals surface area contributed by atoms with Gasteiger partial charge in [0.15, 0.2) is 0 Å². The Labute approximate surface area is 104 Å². The van der Waals surface area contributed by atoms with E-state index in [0.717, 1.165) is 25.8 Å². The highest BCUT2D eigenvalue weighted by molar-refractivity contribution is 5.22. The van der Waals surface area contributed by atoms with Gasteiger partial charge in [-0.3, -0.25) is 0 Å². The zero-order valence-electron chi connectivity index (χ0n) is 10.4. The fourth-order valence-corrected chi connectivity index (χ4v) is 2.63. The molecule has 1 aliphatic carbocycles. The fraction of sp³-hybridized carbons (Fsp3) is 0.533. The van der Waals surface area contributed by atoms with Gasteiger partial charge < -0.3 is 5.32 Å². The minimum absolute atomic E-state index is 0.229. The van der Waals surface area contributed by atoms with Gasteiger partial charge in [-0.1, -0.05) is 36.2 Å².